The van der Waals surface area contributed by atoms with Crippen molar-refractivity contribution >= 4 is 45.2 Å². The second-order valence-electron chi connectivity index (χ2n) is 8.38. The van der Waals surface area contributed by atoms with Gasteiger partial charge in [-0.1, -0.05) is 35.6 Å². The lowest BCUT2D eigenvalue weighted by Crippen LogP contribution is -2.13. The van der Waals surface area contributed by atoms with Crippen molar-refractivity contribution in [3.8, 4) is 16.3 Å². The molecule has 0 radical (unpaired) electrons. The van der Waals surface area contributed by atoms with Gasteiger partial charge in [0, 0.05) is 17.4 Å². The number of anilines is 4. The van der Waals surface area contributed by atoms with E-state index in [1.807, 2.05) is 84.4 Å². The average molecular weight is 507 g/mol. The molecule has 0 atom stereocenters. The van der Waals surface area contributed by atoms with Gasteiger partial charge in [0.05, 0.1) is 40.0 Å². The minimum Gasteiger partial charge on any atom is -0.394 e. The molecule has 6 rings (SSSR count). The molecular weight excluding hydrogens is 484 g/mol. The first-order valence-electron chi connectivity index (χ1n) is 11.5. The van der Waals surface area contributed by atoms with Crippen LogP contribution >= 0.6 is 11.3 Å². The standard InChI is InChI=1S/C27H22N8OS/c1-17-24(22-15-29-23-9-5-6-14-34(22)23)37-27(30-17)31-19-12-10-18(11-13-19)26(36)32-25-21(28)16-35(33-25)20-7-3-2-4-8-20/h2-16H,28H2,1H3,(H,30,31)(H,32,33,36). The summed E-state index contributed by atoms with van der Waals surface area (Å²) >= 11 is 1.55. The lowest BCUT2D eigenvalue weighted by molar-refractivity contribution is 0.102. The van der Waals surface area contributed by atoms with Gasteiger partial charge in [-0.25, -0.2) is 14.6 Å². The van der Waals surface area contributed by atoms with Gasteiger partial charge >= 0.3 is 0 Å². The molecule has 0 aliphatic heterocycles. The van der Waals surface area contributed by atoms with Gasteiger partial charge in [0.15, 0.2) is 10.9 Å². The zero-order chi connectivity index (χ0) is 25.4. The van der Waals surface area contributed by atoms with Crippen LogP contribution in [0.1, 0.15) is 16.1 Å². The van der Waals surface area contributed by atoms with Crippen molar-refractivity contribution < 1.29 is 4.79 Å². The van der Waals surface area contributed by atoms with Gasteiger partial charge in [-0.05, 0) is 55.5 Å². The number of fused-ring (bicyclic) bond motifs is 1. The molecule has 0 spiro atoms. The topological polar surface area (TPSA) is 115 Å². The zero-order valence-electron chi connectivity index (χ0n) is 19.8. The molecule has 9 nitrogen and oxygen atoms in total. The summed E-state index contributed by atoms with van der Waals surface area (Å²) in [4.78, 5) is 23.0. The molecule has 0 bridgehead atoms. The Hall–Kier alpha value is -4.96. The fourth-order valence-corrected chi connectivity index (χ4v) is 4.99. The van der Waals surface area contributed by atoms with Gasteiger partial charge in [-0.3, -0.25) is 9.20 Å². The molecule has 0 unspecified atom stereocenters. The molecule has 4 aromatic heterocycles. The fraction of sp³-hybridized carbons (Fsp3) is 0.0370. The Bertz CT molecular complexity index is 1720. The number of nitrogen functional groups attached to an aromatic ring is 1. The summed E-state index contributed by atoms with van der Waals surface area (Å²) in [6.45, 7) is 1.98. The molecule has 0 saturated heterocycles. The van der Waals surface area contributed by atoms with Crippen LogP contribution in [0, 0.1) is 6.92 Å². The maximum atomic E-state index is 12.8. The lowest BCUT2D eigenvalue weighted by atomic mass is 10.2. The highest BCUT2D eigenvalue weighted by molar-refractivity contribution is 7.19. The van der Waals surface area contributed by atoms with E-state index in [9.17, 15) is 4.79 Å². The maximum absolute atomic E-state index is 12.8. The Morgan fingerprint density at radius 2 is 1.78 bits per heavy atom. The third-order valence-electron chi connectivity index (χ3n) is 5.84. The van der Waals surface area contributed by atoms with Crippen LogP contribution in [0.5, 0.6) is 0 Å². The number of pyridine rings is 1. The molecule has 4 heterocycles. The van der Waals surface area contributed by atoms with Gasteiger partial charge in [0.1, 0.15) is 5.65 Å². The normalized spacial score (nSPS) is 11.1. The monoisotopic (exact) mass is 506 g/mol. The number of carbonyl (C=O) groups is 1. The number of hydrogen-bond donors (Lipinski definition) is 3. The number of carbonyl (C=O) groups excluding carboxylic acids is 1. The minimum atomic E-state index is -0.295. The van der Waals surface area contributed by atoms with Crippen LogP contribution in [0.25, 0.3) is 21.9 Å². The number of aryl methyl sites for hydroxylation is 1. The smallest absolute Gasteiger partial charge is 0.256 e. The SMILES string of the molecule is Cc1nc(Nc2ccc(C(=O)Nc3nn(-c4ccccc4)cc3N)cc2)sc1-c1cnc2ccccn12. The molecule has 4 N–H and O–H groups in total. The highest BCUT2D eigenvalue weighted by Gasteiger charge is 2.15. The van der Waals surface area contributed by atoms with Crippen molar-refractivity contribution in [2.45, 2.75) is 6.92 Å². The number of hydrogen-bond acceptors (Lipinski definition) is 7. The molecule has 10 heteroatoms. The first-order chi connectivity index (χ1) is 18.0. The van der Waals surface area contributed by atoms with E-state index in [4.69, 9.17) is 5.73 Å². The van der Waals surface area contributed by atoms with E-state index in [1.165, 1.54) is 0 Å². The number of amides is 1. The minimum absolute atomic E-state index is 0.295. The number of nitrogens with one attached hydrogen (secondary N) is 2. The number of imidazole rings is 1. The van der Waals surface area contributed by atoms with Gasteiger partial charge in [0.25, 0.3) is 5.91 Å². The van der Waals surface area contributed by atoms with E-state index in [0.29, 0.717) is 17.1 Å². The van der Waals surface area contributed by atoms with Gasteiger partial charge in [-0.15, -0.1) is 5.10 Å². The van der Waals surface area contributed by atoms with E-state index < -0.39 is 0 Å². The quantitative estimate of drug-likeness (QED) is 0.274. The lowest BCUT2D eigenvalue weighted by Gasteiger charge is -2.06. The summed E-state index contributed by atoms with van der Waals surface area (Å²) in [6.07, 6.45) is 5.53. The summed E-state index contributed by atoms with van der Waals surface area (Å²) in [5.41, 5.74) is 11.4. The molecule has 1 amide bonds. The average Bonchev–Trinajstić information content (AvgIpc) is 3.61. The molecule has 0 aliphatic rings. The Labute approximate surface area is 216 Å². The van der Waals surface area contributed by atoms with Crippen molar-refractivity contribution in [2.75, 3.05) is 16.4 Å². The third kappa shape index (κ3) is 4.41. The Morgan fingerprint density at radius 1 is 1.00 bits per heavy atom. The van der Waals surface area contributed by atoms with Crippen LogP contribution < -0.4 is 16.4 Å². The number of para-hydroxylation sites is 1. The van der Waals surface area contributed by atoms with E-state index in [-0.39, 0.29) is 5.91 Å². The maximum Gasteiger partial charge on any atom is 0.256 e. The molecule has 182 valence electrons. The number of nitrogens with zero attached hydrogens (tertiary/aromatic N) is 5. The first-order valence-corrected chi connectivity index (χ1v) is 12.4. The zero-order valence-corrected chi connectivity index (χ0v) is 20.6. The molecule has 2 aromatic carbocycles. The van der Waals surface area contributed by atoms with E-state index >= 15 is 0 Å². The highest BCUT2D eigenvalue weighted by Crippen LogP contribution is 2.34. The summed E-state index contributed by atoms with van der Waals surface area (Å²) in [5, 5.41) is 11.3. The molecule has 0 fully saturated rings. The Kier molecular flexibility index (Phi) is 5.62. The molecule has 0 saturated carbocycles. The van der Waals surface area contributed by atoms with Crippen LogP contribution in [0.15, 0.2) is 91.4 Å². The predicted octanol–water partition coefficient (Wildman–Crippen LogP) is 5.53. The fourth-order valence-electron chi connectivity index (χ4n) is 3.99. The second-order valence-corrected chi connectivity index (χ2v) is 9.37. The van der Waals surface area contributed by atoms with Crippen LogP contribution in [-0.2, 0) is 0 Å². The number of rotatable bonds is 6. The van der Waals surface area contributed by atoms with Crippen LogP contribution in [0.2, 0.25) is 0 Å². The molecular formula is C27H22N8OS. The Morgan fingerprint density at radius 3 is 2.59 bits per heavy atom. The van der Waals surface area contributed by atoms with Crippen molar-refractivity contribution in [1.82, 2.24) is 24.1 Å². The van der Waals surface area contributed by atoms with E-state index in [2.05, 4.69) is 25.7 Å². The van der Waals surface area contributed by atoms with Crippen molar-refractivity contribution in [1.29, 1.82) is 0 Å². The van der Waals surface area contributed by atoms with E-state index in [1.54, 1.807) is 34.3 Å². The molecule has 6 aromatic rings. The van der Waals surface area contributed by atoms with Crippen LogP contribution in [0.3, 0.4) is 0 Å². The van der Waals surface area contributed by atoms with Crippen LogP contribution in [-0.4, -0.2) is 30.1 Å². The van der Waals surface area contributed by atoms with Crippen LogP contribution in [0.4, 0.5) is 22.3 Å². The predicted molar refractivity (Wildman–Crippen MR) is 147 cm³/mol. The van der Waals surface area contributed by atoms with Gasteiger partial charge in [0.2, 0.25) is 0 Å². The third-order valence-corrected chi connectivity index (χ3v) is 6.94. The number of benzene rings is 2. The summed E-state index contributed by atoms with van der Waals surface area (Å²) in [6, 6.07) is 22.7. The summed E-state index contributed by atoms with van der Waals surface area (Å²) in [5.74, 6) is 0.0193. The number of aromatic nitrogens is 5. The highest BCUT2D eigenvalue weighted by atomic mass is 32.1. The molecule has 37 heavy (non-hydrogen) atoms. The van der Waals surface area contributed by atoms with Gasteiger partial charge in [-0.2, -0.15) is 0 Å². The first kappa shape index (κ1) is 22.5. The van der Waals surface area contributed by atoms with Crippen molar-refractivity contribution in [3.05, 3.63) is 103 Å². The second kappa shape index (κ2) is 9.25. The molecule has 0 aliphatic carbocycles. The van der Waals surface area contributed by atoms with Gasteiger partial charge < -0.3 is 16.4 Å². The Balaban J connectivity index is 1.16. The summed E-state index contributed by atoms with van der Waals surface area (Å²) in [7, 11) is 0. The number of nitrogens with two attached hydrogens (primary N) is 1. The van der Waals surface area contributed by atoms with Crippen molar-refractivity contribution in [2.24, 2.45) is 0 Å². The summed E-state index contributed by atoms with van der Waals surface area (Å²) < 4.78 is 3.68. The van der Waals surface area contributed by atoms with E-state index in [0.717, 1.165) is 38.4 Å². The number of thiazole rings is 1. The largest absolute Gasteiger partial charge is 0.394 e. The van der Waals surface area contributed by atoms with Crippen molar-refractivity contribution in [3.63, 3.8) is 0 Å².